The van der Waals surface area contributed by atoms with Crippen LogP contribution in [0.4, 0.5) is 0 Å². The van der Waals surface area contributed by atoms with Crippen LogP contribution in [0.15, 0.2) is 0 Å². The molecule has 1 aliphatic carbocycles. The van der Waals surface area contributed by atoms with Gasteiger partial charge in [-0.1, -0.05) is 13.8 Å². The van der Waals surface area contributed by atoms with Gasteiger partial charge in [-0.15, -0.1) is 0 Å². The van der Waals surface area contributed by atoms with E-state index < -0.39 is 5.41 Å². The molecule has 0 radical (unpaired) electrons. The van der Waals surface area contributed by atoms with Crippen molar-refractivity contribution >= 4 is 11.9 Å². The van der Waals surface area contributed by atoms with Crippen LogP contribution in [0.25, 0.3) is 0 Å². The van der Waals surface area contributed by atoms with Crippen LogP contribution in [-0.4, -0.2) is 31.1 Å². The Hall–Kier alpha value is -1.10. The third kappa shape index (κ3) is 4.43. The minimum Gasteiger partial charge on any atom is -0.466 e. The summed E-state index contributed by atoms with van der Waals surface area (Å²) in [4.78, 5) is 24.2. The Bertz CT molecular complexity index is 337. The van der Waals surface area contributed by atoms with Crippen LogP contribution in [0.5, 0.6) is 0 Å². The molecule has 1 fully saturated rings. The Balaban J connectivity index is 2.48. The normalized spacial score (nSPS) is 22.7. The largest absolute Gasteiger partial charge is 0.466 e. The first-order chi connectivity index (χ1) is 10.0. The van der Waals surface area contributed by atoms with E-state index in [1.54, 1.807) is 0 Å². The topological polar surface area (TPSA) is 81.4 Å². The third-order valence-electron chi connectivity index (χ3n) is 4.91. The minimum atomic E-state index is -0.446. The monoisotopic (exact) mass is 298 g/mol. The van der Waals surface area contributed by atoms with Crippen LogP contribution < -0.4 is 11.1 Å². The lowest BCUT2D eigenvalue weighted by Gasteiger charge is -2.33. The first-order valence-corrected chi connectivity index (χ1v) is 8.20. The van der Waals surface area contributed by atoms with E-state index in [2.05, 4.69) is 5.32 Å². The van der Waals surface area contributed by atoms with E-state index in [9.17, 15) is 9.59 Å². The van der Waals surface area contributed by atoms with Crippen molar-refractivity contribution in [2.24, 2.45) is 17.1 Å². The maximum Gasteiger partial charge on any atom is 0.308 e. The van der Waals surface area contributed by atoms with Gasteiger partial charge in [-0.05, 0) is 45.4 Å². The number of nitrogens with two attached hydrogens (primary N) is 1. The van der Waals surface area contributed by atoms with Crippen LogP contribution in [0.3, 0.4) is 0 Å². The molecular weight excluding hydrogens is 268 g/mol. The maximum absolute atomic E-state index is 12.5. The quantitative estimate of drug-likeness (QED) is 0.704. The average molecular weight is 298 g/mol. The molecule has 0 aromatic rings. The van der Waals surface area contributed by atoms with E-state index in [1.165, 1.54) is 0 Å². The van der Waals surface area contributed by atoms with Gasteiger partial charge in [0, 0.05) is 12.6 Å². The Morgan fingerprint density at radius 3 is 2.14 bits per heavy atom. The molecule has 3 N–H and O–H groups in total. The van der Waals surface area contributed by atoms with Crippen molar-refractivity contribution in [1.82, 2.24) is 5.32 Å². The summed E-state index contributed by atoms with van der Waals surface area (Å²) >= 11 is 0. The van der Waals surface area contributed by atoms with E-state index >= 15 is 0 Å². The van der Waals surface area contributed by atoms with Gasteiger partial charge >= 0.3 is 5.97 Å². The number of carbonyl (C=O) groups is 2. The number of hydrogen-bond donors (Lipinski definition) is 2. The lowest BCUT2D eigenvalue weighted by atomic mass is 9.80. The molecule has 0 bridgehead atoms. The predicted molar refractivity (Wildman–Crippen MR) is 82.6 cm³/mol. The average Bonchev–Trinajstić information content (AvgIpc) is 2.50. The highest BCUT2D eigenvalue weighted by Gasteiger charge is 2.35. The van der Waals surface area contributed by atoms with Crippen LogP contribution in [-0.2, 0) is 14.3 Å². The van der Waals surface area contributed by atoms with Gasteiger partial charge in [-0.3, -0.25) is 9.59 Å². The molecule has 1 aliphatic rings. The summed E-state index contributed by atoms with van der Waals surface area (Å²) in [6, 6.07) is 0.159. The van der Waals surface area contributed by atoms with E-state index in [0.717, 1.165) is 38.5 Å². The van der Waals surface area contributed by atoms with E-state index in [4.69, 9.17) is 10.5 Å². The molecular formula is C16H30N2O3. The molecule has 0 atom stereocenters. The first kappa shape index (κ1) is 18.0. The summed E-state index contributed by atoms with van der Waals surface area (Å²) in [6.07, 6.45) is 4.76. The van der Waals surface area contributed by atoms with Gasteiger partial charge in [-0.2, -0.15) is 0 Å². The van der Waals surface area contributed by atoms with Gasteiger partial charge in [0.05, 0.1) is 17.9 Å². The second-order valence-corrected chi connectivity index (χ2v) is 5.97. The fraction of sp³-hybridized carbons (Fsp3) is 0.875. The van der Waals surface area contributed by atoms with E-state index in [1.807, 2.05) is 20.8 Å². The molecule has 0 heterocycles. The van der Waals surface area contributed by atoms with Crippen molar-refractivity contribution < 1.29 is 14.3 Å². The van der Waals surface area contributed by atoms with Gasteiger partial charge < -0.3 is 15.8 Å². The van der Waals surface area contributed by atoms with Crippen molar-refractivity contribution in [3.63, 3.8) is 0 Å². The Morgan fingerprint density at radius 2 is 1.71 bits per heavy atom. The summed E-state index contributed by atoms with van der Waals surface area (Å²) in [5, 5.41) is 3.13. The fourth-order valence-electron chi connectivity index (χ4n) is 3.02. The number of esters is 1. The van der Waals surface area contributed by atoms with Crippen molar-refractivity contribution in [1.29, 1.82) is 0 Å². The molecule has 122 valence electrons. The third-order valence-corrected chi connectivity index (χ3v) is 4.91. The second-order valence-electron chi connectivity index (χ2n) is 5.97. The molecule has 5 heteroatoms. The second kappa shape index (κ2) is 8.37. The lowest BCUT2D eigenvalue weighted by molar-refractivity contribution is -0.149. The number of carbonyl (C=O) groups excluding carboxylic acids is 2. The SMILES string of the molecule is CCOC(=O)C1CCC(NC(=O)C(CC)(CC)CN)CC1. The molecule has 1 saturated carbocycles. The predicted octanol–water partition coefficient (Wildman–Crippen LogP) is 1.99. The number of ether oxygens (including phenoxy) is 1. The Morgan fingerprint density at radius 1 is 1.14 bits per heavy atom. The molecule has 21 heavy (non-hydrogen) atoms. The molecule has 1 amide bonds. The van der Waals surface area contributed by atoms with Gasteiger partial charge in [0.15, 0.2) is 0 Å². The molecule has 5 nitrogen and oxygen atoms in total. The zero-order valence-corrected chi connectivity index (χ0v) is 13.6. The van der Waals surface area contributed by atoms with Crippen molar-refractivity contribution in [2.75, 3.05) is 13.2 Å². The Kier molecular flexibility index (Phi) is 7.15. The van der Waals surface area contributed by atoms with Gasteiger partial charge in [0.25, 0.3) is 0 Å². The fourth-order valence-corrected chi connectivity index (χ4v) is 3.02. The molecule has 1 rings (SSSR count). The summed E-state index contributed by atoms with van der Waals surface area (Å²) in [5.74, 6) is -0.0370. The van der Waals surface area contributed by atoms with Gasteiger partial charge in [0.2, 0.25) is 5.91 Å². The molecule has 0 saturated heterocycles. The number of hydrogen-bond acceptors (Lipinski definition) is 4. The van der Waals surface area contributed by atoms with E-state index in [-0.39, 0.29) is 23.8 Å². The smallest absolute Gasteiger partial charge is 0.308 e. The number of nitrogens with one attached hydrogen (secondary N) is 1. The highest BCUT2D eigenvalue weighted by Crippen LogP contribution is 2.29. The lowest BCUT2D eigenvalue weighted by Crippen LogP contribution is -2.49. The zero-order chi connectivity index (χ0) is 15.9. The Labute approximate surface area is 128 Å². The van der Waals surface area contributed by atoms with Crippen LogP contribution in [0.2, 0.25) is 0 Å². The highest BCUT2D eigenvalue weighted by atomic mass is 16.5. The molecule has 0 spiro atoms. The van der Waals surface area contributed by atoms with Gasteiger partial charge in [0.1, 0.15) is 0 Å². The molecule has 0 unspecified atom stereocenters. The standard InChI is InChI=1S/C16H30N2O3/c1-4-16(5-2,11-17)15(20)18-13-9-7-12(8-10-13)14(19)21-6-3/h12-13H,4-11,17H2,1-3H3,(H,18,20). The van der Waals surface area contributed by atoms with Crippen molar-refractivity contribution in [3.05, 3.63) is 0 Å². The first-order valence-electron chi connectivity index (χ1n) is 8.20. The summed E-state index contributed by atoms with van der Waals surface area (Å²) in [5.41, 5.74) is 5.36. The summed E-state index contributed by atoms with van der Waals surface area (Å²) in [6.45, 7) is 6.65. The minimum absolute atomic E-state index is 0.00489. The van der Waals surface area contributed by atoms with Crippen LogP contribution in [0.1, 0.15) is 59.3 Å². The highest BCUT2D eigenvalue weighted by molar-refractivity contribution is 5.83. The van der Waals surface area contributed by atoms with Crippen molar-refractivity contribution in [2.45, 2.75) is 65.3 Å². The molecule has 0 aromatic heterocycles. The number of amides is 1. The van der Waals surface area contributed by atoms with E-state index in [0.29, 0.717) is 13.2 Å². The zero-order valence-electron chi connectivity index (χ0n) is 13.6. The molecule has 0 aliphatic heterocycles. The molecule has 0 aromatic carbocycles. The summed E-state index contributed by atoms with van der Waals surface area (Å²) in [7, 11) is 0. The maximum atomic E-state index is 12.5. The van der Waals surface area contributed by atoms with Crippen LogP contribution in [0, 0.1) is 11.3 Å². The summed E-state index contributed by atoms with van der Waals surface area (Å²) < 4.78 is 5.06. The van der Waals surface area contributed by atoms with Crippen LogP contribution >= 0.6 is 0 Å². The van der Waals surface area contributed by atoms with Crippen molar-refractivity contribution in [3.8, 4) is 0 Å². The number of rotatable bonds is 7. The van der Waals surface area contributed by atoms with Gasteiger partial charge in [-0.25, -0.2) is 0 Å².